The number of hydrogen-bond donors (Lipinski definition) is 3. The standard InChI is InChI=1S/C16H18N4O3/c21-15-13(10-17-12-4-2-1-3-5-12)14(18-16(22)19-15)11-20-6-8-23-9-7-20/h1-5,10-11,17H,6-9H2,(H2,18,19,21,22)/b13-10-,14-11+. The molecule has 1 aromatic heterocycles. The molecule has 1 aliphatic heterocycles. The first-order valence-corrected chi connectivity index (χ1v) is 7.40. The number of morpholine rings is 1. The van der Waals surface area contributed by atoms with E-state index in [1.807, 2.05) is 35.2 Å². The van der Waals surface area contributed by atoms with E-state index in [-0.39, 0.29) is 0 Å². The number of para-hydroxylation sites is 1. The Morgan fingerprint density at radius 1 is 1.09 bits per heavy atom. The van der Waals surface area contributed by atoms with Crippen LogP contribution < -0.4 is 27.1 Å². The molecule has 0 atom stereocenters. The molecule has 0 aliphatic carbocycles. The van der Waals surface area contributed by atoms with Crippen molar-refractivity contribution >= 4 is 18.1 Å². The zero-order valence-corrected chi connectivity index (χ0v) is 12.5. The molecule has 2 heterocycles. The van der Waals surface area contributed by atoms with Gasteiger partial charge in [-0.1, -0.05) is 18.2 Å². The second-order valence-corrected chi connectivity index (χ2v) is 5.17. The Morgan fingerprint density at radius 3 is 2.57 bits per heavy atom. The Labute approximate surface area is 131 Å². The van der Waals surface area contributed by atoms with Gasteiger partial charge in [0.2, 0.25) is 0 Å². The van der Waals surface area contributed by atoms with E-state index in [0.717, 1.165) is 18.8 Å². The van der Waals surface area contributed by atoms with Gasteiger partial charge in [0, 0.05) is 31.2 Å². The summed E-state index contributed by atoms with van der Waals surface area (Å²) in [5, 5.41) is 3.92. The van der Waals surface area contributed by atoms with Crippen molar-refractivity contribution in [2.45, 2.75) is 0 Å². The molecule has 1 saturated heterocycles. The van der Waals surface area contributed by atoms with Gasteiger partial charge in [-0.05, 0) is 12.1 Å². The summed E-state index contributed by atoms with van der Waals surface area (Å²) in [6.07, 6.45) is 3.38. The summed E-state index contributed by atoms with van der Waals surface area (Å²) in [4.78, 5) is 30.6. The summed E-state index contributed by atoms with van der Waals surface area (Å²) < 4.78 is 5.30. The number of anilines is 1. The highest BCUT2D eigenvalue weighted by molar-refractivity contribution is 5.53. The van der Waals surface area contributed by atoms with E-state index in [1.54, 1.807) is 12.4 Å². The third-order valence-corrected chi connectivity index (χ3v) is 3.52. The first kappa shape index (κ1) is 15.1. The van der Waals surface area contributed by atoms with E-state index in [4.69, 9.17) is 4.74 Å². The van der Waals surface area contributed by atoms with Crippen LogP contribution in [0.2, 0.25) is 0 Å². The average molecular weight is 314 g/mol. The van der Waals surface area contributed by atoms with Crippen LogP contribution in [0.5, 0.6) is 0 Å². The first-order valence-electron chi connectivity index (χ1n) is 7.40. The molecule has 3 rings (SSSR count). The van der Waals surface area contributed by atoms with Gasteiger partial charge < -0.3 is 19.9 Å². The van der Waals surface area contributed by atoms with Crippen LogP contribution in [-0.4, -0.2) is 41.2 Å². The molecule has 1 aromatic carbocycles. The Morgan fingerprint density at radius 2 is 1.83 bits per heavy atom. The molecule has 1 fully saturated rings. The fourth-order valence-electron chi connectivity index (χ4n) is 2.34. The van der Waals surface area contributed by atoms with E-state index in [2.05, 4.69) is 15.3 Å². The highest BCUT2D eigenvalue weighted by Gasteiger charge is 2.06. The van der Waals surface area contributed by atoms with Gasteiger partial charge in [0.15, 0.2) is 0 Å². The number of nitrogens with zero attached hydrogens (tertiary/aromatic N) is 1. The van der Waals surface area contributed by atoms with E-state index < -0.39 is 11.2 Å². The van der Waals surface area contributed by atoms with E-state index in [1.165, 1.54) is 0 Å². The molecule has 1 aliphatic rings. The maximum Gasteiger partial charge on any atom is 0.326 e. The zero-order valence-electron chi connectivity index (χ0n) is 12.5. The third kappa shape index (κ3) is 3.89. The van der Waals surface area contributed by atoms with E-state index >= 15 is 0 Å². The smallest absolute Gasteiger partial charge is 0.326 e. The van der Waals surface area contributed by atoms with Crippen LogP contribution >= 0.6 is 0 Å². The number of nitrogens with one attached hydrogen (secondary N) is 3. The van der Waals surface area contributed by atoms with E-state index in [9.17, 15) is 9.59 Å². The lowest BCUT2D eigenvalue weighted by Crippen LogP contribution is -2.50. The summed E-state index contributed by atoms with van der Waals surface area (Å²) in [6, 6.07) is 9.49. The molecule has 120 valence electrons. The highest BCUT2D eigenvalue weighted by atomic mass is 16.5. The van der Waals surface area contributed by atoms with Gasteiger partial charge in [-0.2, -0.15) is 0 Å². The molecule has 7 nitrogen and oxygen atoms in total. The lowest BCUT2D eigenvalue weighted by molar-refractivity contribution is 0.0662. The molecule has 0 saturated carbocycles. The molecule has 0 bridgehead atoms. The van der Waals surface area contributed by atoms with Gasteiger partial charge in [0.25, 0.3) is 5.56 Å². The number of H-pyrrole nitrogens is 2. The van der Waals surface area contributed by atoms with Crippen LogP contribution in [0, 0.1) is 0 Å². The minimum Gasteiger partial charge on any atom is -0.378 e. The number of aromatic amines is 2. The van der Waals surface area contributed by atoms with Gasteiger partial charge in [0.05, 0.1) is 23.8 Å². The lowest BCUT2D eigenvalue weighted by atomic mass is 10.3. The van der Waals surface area contributed by atoms with Crippen molar-refractivity contribution in [2.24, 2.45) is 0 Å². The van der Waals surface area contributed by atoms with Gasteiger partial charge in [-0.3, -0.25) is 9.78 Å². The molecule has 3 N–H and O–H groups in total. The second-order valence-electron chi connectivity index (χ2n) is 5.17. The minimum atomic E-state index is -0.522. The second kappa shape index (κ2) is 6.97. The maximum atomic E-state index is 12.1. The fourth-order valence-corrected chi connectivity index (χ4v) is 2.34. The average Bonchev–Trinajstić information content (AvgIpc) is 2.56. The van der Waals surface area contributed by atoms with Gasteiger partial charge in [0.1, 0.15) is 0 Å². The van der Waals surface area contributed by atoms with E-state index in [0.29, 0.717) is 23.8 Å². The van der Waals surface area contributed by atoms with Crippen molar-refractivity contribution in [3.05, 3.63) is 61.7 Å². The quantitative estimate of drug-likeness (QED) is 0.675. The predicted octanol–water partition coefficient (Wildman–Crippen LogP) is -1.02. The Hall–Kier alpha value is -2.80. The van der Waals surface area contributed by atoms with Crippen molar-refractivity contribution in [3.8, 4) is 0 Å². The molecule has 0 amide bonds. The van der Waals surface area contributed by atoms with Gasteiger partial charge >= 0.3 is 5.69 Å². The van der Waals surface area contributed by atoms with Crippen molar-refractivity contribution in [1.29, 1.82) is 0 Å². The Kier molecular flexibility index (Phi) is 4.58. The van der Waals surface area contributed by atoms with Crippen LogP contribution in [-0.2, 0) is 4.74 Å². The third-order valence-electron chi connectivity index (χ3n) is 3.52. The van der Waals surface area contributed by atoms with Crippen LogP contribution in [0.3, 0.4) is 0 Å². The highest BCUT2D eigenvalue weighted by Crippen LogP contribution is 2.03. The Bertz CT molecular complexity index is 880. The van der Waals surface area contributed by atoms with Crippen molar-refractivity contribution in [2.75, 3.05) is 31.6 Å². The van der Waals surface area contributed by atoms with Crippen molar-refractivity contribution < 1.29 is 4.74 Å². The molecule has 0 spiro atoms. The normalized spacial score (nSPS) is 16.6. The first-order chi connectivity index (χ1) is 11.2. The SMILES string of the molecule is O=c1[nH]c(=O)c(=C\Nc2ccccc2)/c(=C\N2CCOCC2)[nH]1. The van der Waals surface area contributed by atoms with Gasteiger partial charge in [-0.15, -0.1) is 0 Å². The molecule has 0 radical (unpaired) electrons. The van der Waals surface area contributed by atoms with Crippen LogP contribution in [0.15, 0.2) is 39.9 Å². The van der Waals surface area contributed by atoms with Crippen molar-refractivity contribution in [3.63, 3.8) is 0 Å². The topological polar surface area (TPSA) is 90.2 Å². The maximum absolute atomic E-state index is 12.1. The van der Waals surface area contributed by atoms with Crippen LogP contribution in [0.4, 0.5) is 5.69 Å². The number of rotatable bonds is 3. The summed E-state index contributed by atoms with van der Waals surface area (Å²) in [6.45, 7) is 2.71. The lowest BCUT2D eigenvalue weighted by Gasteiger charge is -2.24. The Balaban J connectivity index is 2.03. The summed E-state index contributed by atoms with van der Waals surface area (Å²) in [5.41, 5.74) is -0.0986. The van der Waals surface area contributed by atoms with Gasteiger partial charge in [-0.25, -0.2) is 4.79 Å². The number of ether oxygens (including phenoxy) is 1. The largest absolute Gasteiger partial charge is 0.378 e. The molecular weight excluding hydrogens is 296 g/mol. The van der Waals surface area contributed by atoms with Crippen LogP contribution in [0.1, 0.15) is 0 Å². The molecule has 23 heavy (non-hydrogen) atoms. The fraction of sp³-hybridized carbons (Fsp3) is 0.250. The minimum absolute atomic E-state index is 0.375. The number of aromatic nitrogens is 2. The molecule has 0 unspecified atom stereocenters. The predicted molar refractivity (Wildman–Crippen MR) is 88.3 cm³/mol. The summed E-state index contributed by atoms with van der Waals surface area (Å²) >= 11 is 0. The monoisotopic (exact) mass is 314 g/mol. The summed E-state index contributed by atoms with van der Waals surface area (Å²) in [5.74, 6) is 0. The summed E-state index contributed by atoms with van der Waals surface area (Å²) in [7, 11) is 0. The molecule has 7 heteroatoms. The van der Waals surface area contributed by atoms with Crippen LogP contribution in [0.25, 0.3) is 12.4 Å². The molecule has 2 aromatic rings. The molecular formula is C16H18N4O3. The number of benzene rings is 1. The number of hydrogen-bond acceptors (Lipinski definition) is 5. The zero-order chi connectivity index (χ0) is 16.1. The van der Waals surface area contributed by atoms with Crippen molar-refractivity contribution in [1.82, 2.24) is 14.9 Å².